The number of rotatable bonds is 5. The van der Waals surface area contributed by atoms with Crippen molar-refractivity contribution in [3.8, 4) is 11.5 Å². The summed E-state index contributed by atoms with van der Waals surface area (Å²) in [6.07, 6.45) is 3.73. The van der Waals surface area contributed by atoms with Crippen LogP contribution in [-0.2, 0) is 10.0 Å². The average molecular weight is 479 g/mol. The fraction of sp³-hybridized carbons (Fsp3) is 0.435. The molecule has 4 rings (SSSR count). The van der Waals surface area contributed by atoms with Crippen LogP contribution in [0.15, 0.2) is 41.3 Å². The third-order valence-electron chi connectivity index (χ3n) is 5.80. The summed E-state index contributed by atoms with van der Waals surface area (Å²) in [5, 5.41) is 3.10. The van der Waals surface area contributed by atoms with Crippen molar-refractivity contribution in [3.05, 3.63) is 52.5 Å². The largest absolute Gasteiger partial charge is 0.486 e. The average Bonchev–Trinajstić information content (AvgIpc) is 3.09. The van der Waals surface area contributed by atoms with E-state index < -0.39 is 15.9 Å². The maximum Gasteiger partial charge on any atom is 0.253 e. The highest BCUT2D eigenvalue weighted by Gasteiger charge is 2.27. The first-order valence-corrected chi connectivity index (χ1v) is 12.7. The third kappa shape index (κ3) is 4.87. The molecule has 0 spiro atoms. The van der Waals surface area contributed by atoms with Gasteiger partial charge in [-0.2, -0.15) is 4.31 Å². The summed E-state index contributed by atoms with van der Waals surface area (Å²) in [6.45, 7) is 3.81. The first-order chi connectivity index (χ1) is 15.4. The van der Waals surface area contributed by atoms with Crippen LogP contribution in [0.1, 0.15) is 54.6 Å². The lowest BCUT2D eigenvalue weighted by atomic mass is 10.1. The predicted octanol–water partition coefficient (Wildman–Crippen LogP) is 4.17. The first-order valence-electron chi connectivity index (χ1n) is 10.9. The molecule has 2 aromatic carbocycles. The third-order valence-corrected chi connectivity index (χ3v) is 8.02. The highest BCUT2D eigenvalue weighted by atomic mass is 35.5. The second-order valence-corrected chi connectivity index (χ2v) is 10.4. The van der Waals surface area contributed by atoms with Gasteiger partial charge in [-0.3, -0.25) is 4.79 Å². The Morgan fingerprint density at radius 1 is 1.00 bits per heavy atom. The highest BCUT2D eigenvalue weighted by molar-refractivity contribution is 7.89. The van der Waals surface area contributed by atoms with Crippen molar-refractivity contribution < 1.29 is 22.7 Å². The van der Waals surface area contributed by atoms with Gasteiger partial charge in [-0.25, -0.2) is 8.42 Å². The van der Waals surface area contributed by atoms with Crippen molar-refractivity contribution in [2.24, 2.45) is 0 Å². The van der Waals surface area contributed by atoms with Gasteiger partial charge in [0.1, 0.15) is 13.2 Å². The Hall–Kier alpha value is -2.29. The molecule has 1 atom stereocenters. The zero-order valence-electron chi connectivity index (χ0n) is 18.0. The number of sulfonamides is 1. The van der Waals surface area contributed by atoms with E-state index >= 15 is 0 Å². The van der Waals surface area contributed by atoms with Crippen LogP contribution in [0.2, 0.25) is 5.02 Å². The van der Waals surface area contributed by atoms with Crippen molar-refractivity contribution in [1.29, 1.82) is 0 Å². The molecule has 0 saturated carbocycles. The molecule has 0 unspecified atom stereocenters. The Morgan fingerprint density at radius 2 is 1.69 bits per heavy atom. The van der Waals surface area contributed by atoms with Gasteiger partial charge in [-0.15, -0.1) is 0 Å². The van der Waals surface area contributed by atoms with E-state index in [0.29, 0.717) is 37.8 Å². The van der Waals surface area contributed by atoms with E-state index in [9.17, 15) is 13.2 Å². The molecule has 2 aromatic rings. The van der Waals surface area contributed by atoms with Crippen LogP contribution >= 0.6 is 11.6 Å². The summed E-state index contributed by atoms with van der Waals surface area (Å²) in [6, 6.07) is 9.46. The van der Waals surface area contributed by atoms with E-state index in [0.717, 1.165) is 31.2 Å². The highest BCUT2D eigenvalue weighted by Crippen LogP contribution is 2.33. The van der Waals surface area contributed by atoms with Gasteiger partial charge in [0, 0.05) is 13.1 Å². The van der Waals surface area contributed by atoms with E-state index in [1.165, 1.54) is 22.5 Å². The minimum atomic E-state index is -3.68. The molecule has 1 amide bonds. The van der Waals surface area contributed by atoms with Crippen molar-refractivity contribution in [2.75, 3.05) is 26.3 Å². The van der Waals surface area contributed by atoms with E-state index in [1.807, 2.05) is 25.1 Å². The van der Waals surface area contributed by atoms with Gasteiger partial charge in [0.25, 0.3) is 5.91 Å². The van der Waals surface area contributed by atoms with Crippen LogP contribution in [0, 0.1) is 0 Å². The SMILES string of the molecule is C[C@@H](NC(=O)c1cc(S(=O)(=O)N2CCCCCC2)ccc1Cl)c1ccc2c(c1)OCCO2. The summed E-state index contributed by atoms with van der Waals surface area (Å²) in [5.74, 6) is 0.872. The quantitative estimate of drug-likeness (QED) is 0.697. The Labute approximate surface area is 193 Å². The minimum Gasteiger partial charge on any atom is -0.486 e. The van der Waals surface area contributed by atoms with E-state index in [1.54, 1.807) is 0 Å². The van der Waals surface area contributed by atoms with E-state index in [-0.39, 0.29) is 21.5 Å². The maximum atomic E-state index is 13.1. The molecule has 9 heteroatoms. The van der Waals surface area contributed by atoms with Gasteiger partial charge < -0.3 is 14.8 Å². The van der Waals surface area contributed by atoms with Gasteiger partial charge >= 0.3 is 0 Å². The van der Waals surface area contributed by atoms with E-state index in [2.05, 4.69) is 5.32 Å². The number of fused-ring (bicyclic) bond motifs is 1. The monoisotopic (exact) mass is 478 g/mol. The predicted molar refractivity (Wildman–Crippen MR) is 122 cm³/mol. The van der Waals surface area contributed by atoms with Crippen LogP contribution < -0.4 is 14.8 Å². The lowest BCUT2D eigenvalue weighted by Gasteiger charge is -2.22. The molecule has 0 aliphatic carbocycles. The summed E-state index contributed by atoms with van der Waals surface area (Å²) >= 11 is 6.27. The molecule has 2 aliphatic rings. The second kappa shape index (κ2) is 9.68. The molecule has 32 heavy (non-hydrogen) atoms. The van der Waals surface area contributed by atoms with Crippen LogP contribution in [0.4, 0.5) is 0 Å². The van der Waals surface area contributed by atoms with Crippen molar-refractivity contribution >= 4 is 27.5 Å². The summed E-state index contributed by atoms with van der Waals surface area (Å²) in [7, 11) is -3.68. The van der Waals surface area contributed by atoms with Crippen LogP contribution in [0.5, 0.6) is 11.5 Å². The number of ether oxygens (including phenoxy) is 2. The van der Waals surface area contributed by atoms with Crippen LogP contribution in [0.3, 0.4) is 0 Å². The molecule has 7 nitrogen and oxygen atoms in total. The Balaban J connectivity index is 1.53. The smallest absolute Gasteiger partial charge is 0.253 e. The molecule has 1 saturated heterocycles. The maximum absolute atomic E-state index is 13.1. The van der Waals surface area contributed by atoms with Gasteiger partial charge in [-0.05, 0) is 55.7 Å². The van der Waals surface area contributed by atoms with Gasteiger partial charge in [0.05, 0.1) is 21.5 Å². The molecular weight excluding hydrogens is 452 g/mol. The number of nitrogens with zero attached hydrogens (tertiary/aromatic N) is 1. The molecule has 1 N–H and O–H groups in total. The zero-order valence-corrected chi connectivity index (χ0v) is 19.5. The summed E-state index contributed by atoms with van der Waals surface area (Å²) in [5.41, 5.74) is 0.971. The fourth-order valence-electron chi connectivity index (χ4n) is 3.96. The van der Waals surface area contributed by atoms with Crippen LogP contribution in [-0.4, -0.2) is 44.9 Å². The van der Waals surface area contributed by atoms with Crippen molar-refractivity contribution in [3.63, 3.8) is 0 Å². The lowest BCUT2D eigenvalue weighted by Crippen LogP contribution is -2.32. The first kappa shape index (κ1) is 22.9. The number of halogens is 1. The number of carbonyl (C=O) groups is 1. The zero-order chi connectivity index (χ0) is 22.7. The molecule has 172 valence electrons. The fourth-order valence-corrected chi connectivity index (χ4v) is 5.70. The molecular formula is C23H27ClN2O5S. The molecule has 0 aromatic heterocycles. The summed E-state index contributed by atoms with van der Waals surface area (Å²) in [4.78, 5) is 13.1. The molecule has 1 fully saturated rings. The number of hydrogen-bond acceptors (Lipinski definition) is 5. The number of amides is 1. The normalized spacial score (nSPS) is 17.9. The molecule has 0 radical (unpaired) electrons. The molecule has 0 bridgehead atoms. The van der Waals surface area contributed by atoms with E-state index in [4.69, 9.17) is 21.1 Å². The molecule has 2 heterocycles. The number of hydrogen-bond donors (Lipinski definition) is 1. The second-order valence-electron chi connectivity index (χ2n) is 8.06. The van der Waals surface area contributed by atoms with Gasteiger partial charge in [0.15, 0.2) is 11.5 Å². The summed E-state index contributed by atoms with van der Waals surface area (Å²) < 4.78 is 38.9. The Bertz CT molecular complexity index is 1100. The minimum absolute atomic E-state index is 0.0842. The van der Waals surface area contributed by atoms with Crippen molar-refractivity contribution in [1.82, 2.24) is 9.62 Å². The number of nitrogens with one attached hydrogen (secondary N) is 1. The standard InChI is InChI=1S/C23H27ClN2O5S/c1-16(17-6-9-21-22(14-17)31-13-12-30-21)25-23(27)19-15-18(7-8-20(19)24)32(28,29)26-10-4-2-3-5-11-26/h6-9,14-16H,2-5,10-13H2,1H3,(H,25,27)/t16-/m1/s1. The Kier molecular flexibility index (Phi) is 6.93. The van der Waals surface area contributed by atoms with Gasteiger partial charge in [-0.1, -0.05) is 30.5 Å². The number of carbonyl (C=O) groups excluding carboxylic acids is 1. The Morgan fingerprint density at radius 3 is 2.41 bits per heavy atom. The lowest BCUT2D eigenvalue weighted by molar-refractivity contribution is 0.0939. The van der Waals surface area contributed by atoms with Gasteiger partial charge in [0.2, 0.25) is 10.0 Å². The van der Waals surface area contributed by atoms with Crippen molar-refractivity contribution in [2.45, 2.75) is 43.5 Å². The number of benzene rings is 2. The van der Waals surface area contributed by atoms with Crippen LogP contribution in [0.25, 0.3) is 0 Å². The molecule has 2 aliphatic heterocycles. The topological polar surface area (TPSA) is 84.9 Å².